The summed E-state index contributed by atoms with van der Waals surface area (Å²) in [6.45, 7) is 6.96. The topological polar surface area (TPSA) is 89.3 Å². The highest BCUT2D eigenvalue weighted by Gasteiger charge is 2.39. The van der Waals surface area contributed by atoms with E-state index in [1.807, 2.05) is 13.8 Å². The van der Waals surface area contributed by atoms with Crippen LogP contribution in [0, 0.1) is 6.92 Å². The molecule has 1 saturated heterocycles. The lowest BCUT2D eigenvalue weighted by Gasteiger charge is -2.38. The van der Waals surface area contributed by atoms with Crippen LogP contribution in [-0.4, -0.2) is 40.2 Å². The number of furan rings is 1. The third-order valence-electron chi connectivity index (χ3n) is 4.47. The SMILES string of the molecule is Cc1nc(NC2(C)CC2)c2c(C(=O)NC3(C)COC3)coc2n1. The molecule has 2 aromatic heterocycles. The van der Waals surface area contributed by atoms with E-state index in [4.69, 9.17) is 9.15 Å². The fourth-order valence-electron chi connectivity index (χ4n) is 2.73. The van der Waals surface area contributed by atoms with Gasteiger partial charge in [-0.1, -0.05) is 0 Å². The maximum absolute atomic E-state index is 12.6. The number of nitrogens with zero attached hydrogens (tertiary/aromatic N) is 2. The molecule has 1 amide bonds. The van der Waals surface area contributed by atoms with Crippen molar-refractivity contribution in [3.63, 3.8) is 0 Å². The van der Waals surface area contributed by atoms with Crippen molar-refractivity contribution in [3.8, 4) is 0 Å². The molecule has 0 unspecified atom stereocenters. The number of amides is 1. The Morgan fingerprint density at radius 1 is 1.22 bits per heavy atom. The first-order valence-corrected chi connectivity index (χ1v) is 7.82. The number of hydrogen-bond donors (Lipinski definition) is 2. The molecule has 2 aliphatic rings. The summed E-state index contributed by atoms with van der Waals surface area (Å²) in [5, 5.41) is 7.08. The summed E-state index contributed by atoms with van der Waals surface area (Å²) in [5.41, 5.74) is 0.624. The summed E-state index contributed by atoms with van der Waals surface area (Å²) in [6.07, 6.45) is 3.64. The van der Waals surface area contributed by atoms with E-state index in [1.165, 1.54) is 6.26 Å². The molecular formula is C16H20N4O3. The van der Waals surface area contributed by atoms with Crippen LogP contribution in [0.4, 0.5) is 5.82 Å². The second-order valence-corrected chi connectivity index (χ2v) is 7.14. The van der Waals surface area contributed by atoms with Crippen LogP contribution in [0.5, 0.6) is 0 Å². The molecule has 1 aliphatic heterocycles. The van der Waals surface area contributed by atoms with Gasteiger partial charge in [-0.2, -0.15) is 4.98 Å². The Hall–Kier alpha value is -2.15. The molecule has 0 bridgehead atoms. The Balaban J connectivity index is 1.73. The maximum Gasteiger partial charge on any atom is 0.255 e. The Morgan fingerprint density at radius 2 is 1.96 bits per heavy atom. The molecule has 0 atom stereocenters. The lowest BCUT2D eigenvalue weighted by Crippen LogP contribution is -2.59. The lowest BCUT2D eigenvalue weighted by atomic mass is 10.00. The number of rotatable bonds is 4. The van der Waals surface area contributed by atoms with Crippen LogP contribution < -0.4 is 10.6 Å². The van der Waals surface area contributed by atoms with Gasteiger partial charge >= 0.3 is 0 Å². The van der Waals surface area contributed by atoms with Crippen molar-refractivity contribution in [2.45, 2.75) is 44.7 Å². The minimum atomic E-state index is -0.317. The van der Waals surface area contributed by atoms with Crippen molar-refractivity contribution in [2.75, 3.05) is 18.5 Å². The summed E-state index contributed by atoms with van der Waals surface area (Å²) in [4.78, 5) is 21.4. The first-order chi connectivity index (χ1) is 10.9. The van der Waals surface area contributed by atoms with Crippen LogP contribution in [0.1, 0.15) is 42.9 Å². The average molecular weight is 316 g/mol. The standard InChI is InChI=1S/C16H20N4O3/c1-9-17-12(19-15(2)4-5-15)11-10(6-23-14(11)18-9)13(21)20-16(3)7-22-8-16/h6H,4-5,7-8H2,1-3H3,(H,20,21)(H,17,18,19). The number of carbonyl (C=O) groups excluding carboxylic acids is 1. The van der Waals surface area contributed by atoms with Gasteiger partial charge in [-0.3, -0.25) is 4.79 Å². The highest BCUT2D eigenvalue weighted by Crippen LogP contribution is 2.40. The van der Waals surface area contributed by atoms with E-state index in [2.05, 4.69) is 27.5 Å². The van der Waals surface area contributed by atoms with Crippen molar-refractivity contribution in [1.82, 2.24) is 15.3 Å². The number of nitrogens with one attached hydrogen (secondary N) is 2. The van der Waals surface area contributed by atoms with E-state index < -0.39 is 0 Å². The van der Waals surface area contributed by atoms with Gasteiger partial charge in [0.25, 0.3) is 5.91 Å². The zero-order valence-corrected chi connectivity index (χ0v) is 13.5. The number of hydrogen-bond acceptors (Lipinski definition) is 6. The van der Waals surface area contributed by atoms with E-state index in [9.17, 15) is 4.79 Å². The van der Waals surface area contributed by atoms with Crippen LogP contribution in [0.3, 0.4) is 0 Å². The van der Waals surface area contributed by atoms with Gasteiger partial charge in [0.05, 0.1) is 29.7 Å². The molecule has 0 spiro atoms. The normalized spacial score (nSPS) is 20.8. The highest BCUT2D eigenvalue weighted by atomic mass is 16.5. The molecule has 2 aromatic rings. The summed E-state index contributed by atoms with van der Waals surface area (Å²) in [6, 6.07) is 0. The Morgan fingerprint density at radius 3 is 2.57 bits per heavy atom. The molecule has 1 saturated carbocycles. The predicted octanol–water partition coefficient (Wildman–Crippen LogP) is 2.01. The van der Waals surface area contributed by atoms with Crippen LogP contribution in [0.2, 0.25) is 0 Å². The maximum atomic E-state index is 12.6. The van der Waals surface area contributed by atoms with Crippen LogP contribution >= 0.6 is 0 Å². The number of ether oxygens (including phenoxy) is 1. The zero-order chi connectivity index (χ0) is 16.2. The van der Waals surface area contributed by atoms with Gasteiger partial charge in [-0.05, 0) is 33.6 Å². The smallest absolute Gasteiger partial charge is 0.255 e. The summed E-state index contributed by atoms with van der Waals surface area (Å²) in [7, 11) is 0. The third kappa shape index (κ3) is 2.55. The summed E-state index contributed by atoms with van der Waals surface area (Å²) >= 11 is 0. The monoisotopic (exact) mass is 316 g/mol. The average Bonchev–Trinajstić information content (AvgIpc) is 3.00. The summed E-state index contributed by atoms with van der Waals surface area (Å²) in [5.74, 6) is 1.09. The van der Waals surface area contributed by atoms with E-state index in [-0.39, 0.29) is 17.0 Å². The second-order valence-electron chi connectivity index (χ2n) is 7.14. The van der Waals surface area contributed by atoms with Crippen molar-refractivity contribution in [1.29, 1.82) is 0 Å². The molecule has 122 valence electrons. The number of carbonyl (C=O) groups is 1. The molecule has 3 heterocycles. The van der Waals surface area contributed by atoms with Gasteiger partial charge in [0.1, 0.15) is 17.9 Å². The van der Waals surface area contributed by atoms with E-state index >= 15 is 0 Å². The number of aryl methyl sites for hydroxylation is 1. The molecule has 2 fully saturated rings. The molecule has 0 aromatic carbocycles. The fraction of sp³-hybridized carbons (Fsp3) is 0.562. The quantitative estimate of drug-likeness (QED) is 0.897. The number of anilines is 1. The Labute approximate surface area is 133 Å². The Bertz CT molecular complexity index is 790. The first-order valence-electron chi connectivity index (χ1n) is 7.82. The Kier molecular flexibility index (Phi) is 2.93. The second kappa shape index (κ2) is 4.67. The minimum Gasteiger partial charge on any atom is -0.445 e. The van der Waals surface area contributed by atoms with Crippen LogP contribution in [0.15, 0.2) is 10.7 Å². The van der Waals surface area contributed by atoms with Gasteiger partial charge in [0.2, 0.25) is 5.71 Å². The molecule has 4 rings (SSSR count). The van der Waals surface area contributed by atoms with Gasteiger partial charge in [0, 0.05) is 5.54 Å². The molecular weight excluding hydrogens is 296 g/mol. The van der Waals surface area contributed by atoms with E-state index in [0.717, 1.165) is 12.8 Å². The first kappa shape index (κ1) is 14.4. The zero-order valence-electron chi connectivity index (χ0n) is 13.5. The largest absolute Gasteiger partial charge is 0.445 e. The van der Waals surface area contributed by atoms with Gasteiger partial charge in [-0.15, -0.1) is 0 Å². The van der Waals surface area contributed by atoms with Crippen molar-refractivity contribution in [3.05, 3.63) is 17.7 Å². The van der Waals surface area contributed by atoms with Gasteiger partial charge < -0.3 is 19.8 Å². The van der Waals surface area contributed by atoms with E-state index in [1.54, 1.807) is 0 Å². The highest BCUT2D eigenvalue weighted by molar-refractivity contribution is 6.09. The van der Waals surface area contributed by atoms with Crippen LogP contribution in [-0.2, 0) is 4.74 Å². The number of fused-ring (bicyclic) bond motifs is 1. The summed E-state index contributed by atoms with van der Waals surface area (Å²) < 4.78 is 10.7. The fourth-order valence-corrected chi connectivity index (χ4v) is 2.73. The van der Waals surface area contributed by atoms with Crippen molar-refractivity contribution >= 4 is 22.8 Å². The van der Waals surface area contributed by atoms with E-state index in [0.29, 0.717) is 41.5 Å². The number of aromatic nitrogens is 2. The molecule has 23 heavy (non-hydrogen) atoms. The molecule has 1 aliphatic carbocycles. The predicted molar refractivity (Wildman–Crippen MR) is 84.5 cm³/mol. The van der Waals surface area contributed by atoms with Gasteiger partial charge in [0.15, 0.2) is 0 Å². The molecule has 2 N–H and O–H groups in total. The third-order valence-corrected chi connectivity index (χ3v) is 4.47. The van der Waals surface area contributed by atoms with Crippen LogP contribution in [0.25, 0.3) is 11.1 Å². The molecule has 0 radical (unpaired) electrons. The lowest BCUT2D eigenvalue weighted by molar-refractivity contribution is -0.0593. The minimum absolute atomic E-state index is 0.0481. The van der Waals surface area contributed by atoms with Crippen molar-refractivity contribution < 1.29 is 13.9 Å². The van der Waals surface area contributed by atoms with Gasteiger partial charge in [-0.25, -0.2) is 4.98 Å². The molecule has 7 heteroatoms. The molecule has 7 nitrogen and oxygen atoms in total. The van der Waals surface area contributed by atoms with Crippen molar-refractivity contribution in [2.24, 2.45) is 0 Å².